The van der Waals surface area contributed by atoms with Crippen molar-refractivity contribution < 1.29 is 13.9 Å². The van der Waals surface area contributed by atoms with Crippen molar-refractivity contribution in [1.29, 1.82) is 0 Å². The summed E-state index contributed by atoms with van der Waals surface area (Å²) in [6.07, 6.45) is 1.69. The number of rotatable bonds is 5. The Morgan fingerprint density at radius 1 is 1.21 bits per heavy atom. The van der Waals surface area contributed by atoms with E-state index < -0.39 is 0 Å². The van der Waals surface area contributed by atoms with Gasteiger partial charge in [0.25, 0.3) is 0 Å². The number of aromatic nitrogens is 2. The highest BCUT2D eigenvalue weighted by Crippen LogP contribution is 2.36. The van der Waals surface area contributed by atoms with Gasteiger partial charge in [-0.2, -0.15) is 0 Å². The van der Waals surface area contributed by atoms with E-state index in [9.17, 15) is 0 Å². The largest absolute Gasteiger partial charge is 0.497 e. The minimum absolute atomic E-state index is 0.373. The fourth-order valence-corrected chi connectivity index (χ4v) is 1.74. The third-order valence-corrected chi connectivity index (χ3v) is 2.73. The molecule has 0 aliphatic heterocycles. The Hall–Kier alpha value is -2.24. The van der Waals surface area contributed by atoms with E-state index in [0.29, 0.717) is 34.5 Å². The van der Waals surface area contributed by atoms with E-state index in [1.54, 1.807) is 26.4 Å². The van der Waals surface area contributed by atoms with E-state index in [2.05, 4.69) is 10.2 Å². The van der Waals surface area contributed by atoms with Gasteiger partial charge >= 0.3 is 0 Å². The maximum absolute atomic E-state index is 6.02. The fraction of sp³-hybridized carbons (Fsp3) is 0.385. The van der Waals surface area contributed by atoms with Crippen LogP contribution >= 0.6 is 0 Å². The fourth-order valence-electron chi connectivity index (χ4n) is 1.74. The predicted molar refractivity (Wildman–Crippen MR) is 71.2 cm³/mol. The Kier molecular flexibility index (Phi) is 3.89. The monoisotopic (exact) mass is 263 g/mol. The van der Waals surface area contributed by atoms with E-state index in [0.717, 1.165) is 12.8 Å². The number of nitrogen functional groups attached to an aromatic ring is 1. The van der Waals surface area contributed by atoms with E-state index >= 15 is 0 Å². The highest BCUT2D eigenvalue weighted by atomic mass is 16.5. The molecule has 19 heavy (non-hydrogen) atoms. The second kappa shape index (κ2) is 5.60. The van der Waals surface area contributed by atoms with Crippen LogP contribution in [0.3, 0.4) is 0 Å². The summed E-state index contributed by atoms with van der Waals surface area (Å²) in [5.41, 5.74) is 7.09. The molecule has 1 aromatic carbocycles. The van der Waals surface area contributed by atoms with Crippen molar-refractivity contribution in [1.82, 2.24) is 10.2 Å². The summed E-state index contributed by atoms with van der Waals surface area (Å²) in [4.78, 5) is 0. The predicted octanol–water partition coefficient (Wildman–Crippen LogP) is 2.29. The second-order valence-corrected chi connectivity index (χ2v) is 4.04. The number of methoxy groups -OCH3 is 2. The van der Waals surface area contributed by atoms with E-state index in [4.69, 9.17) is 19.6 Å². The summed E-state index contributed by atoms with van der Waals surface area (Å²) < 4.78 is 16.0. The zero-order chi connectivity index (χ0) is 13.8. The third-order valence-electron chi connectivity index (χ3n) is 2.73. The normalized spacial score (nSPS) is 10.5. The molecule has 2 aromatic rings. The van der Waals surface area contributed by atoms with E-state index in [1.807, 2.05) is 6.92 Å². The van der Waals surface area contributed by atoms with Crippen LogP contribution in [0.25, 0.3) is 11.5 Å². The molecule has 0 fully saturated rings. The van der Waals surface area contributed by atoms with Crippen LogP contribution < -0.4 is 15.2 Å². The molecule has 2 N–H and O–H groups in total. The number of anilines is 1. The minimum atomic E-state index is 0.373. The lowest BCUT2D eigenvalue weighted by Crippen LogP contribution is -1.97. The molecular formula is C13H17N3O3. The first kappa shape index (κ1) is 13.2. The van der Waals surface area contributed by atoms with Gasteiger partial charge in [0.1, 0.15) is 11.5 Å². The van der Waals surface area contributed by atoms with E-state index in [-0.39, 0.29) is 0 Å². The average Bonchev–Trinajstić information content (AvgIpc) is 2.88. The van der Waals surface area contributed by atoms with Crippen molar-refractivity contribution in [3.05, 3.63) is 18.0 Å². The molecule has 102 valence electrons. The summed E-state index contributed by atoms with van der Waals surface area (Å²) in [7, 11) is 3.12. The first-order chi connectivity index (χ1) is 9.19. The lowest BCUT2D eigenvalue weighted by molar-refractivity contribution is 0.395. The van der Waals surface area contributed by atoms with Gasteiger partial charge < -0.3 is 19.6 Å². The summed E-state index contributed by atoms with van der Waals surface area (Å²) in [5.74, 6) is 2.11. The number of hydrogen-bond acceptors (Lipinski definition) is 6. The van der Waals surface area contributed by atoms with Crippen LogP contribution in [0.2, 0.25) is 0 Å². The van der Waals surface area contributed by atoms with Crippen LogP contribution in [-0.4, -0.2) is 24.4 Å². The lowest BCUT2D eigenvalue weighted by atomic mass is 10.1. The van der Waals surface area contributed by atoms with Gasteiger partial charge in [-0.15, -0.1) is 10.2 Å². The first-order valence-electron chi connectivity index (χ1n) is 6.03. The Morgan fingerprint density at radius 3 is 2.63 bits per heavy atom. The van der Waals surface area contributed by atoms with Crippen LogP contribution in [0.15, 0.2) is 16.5 Å². The highest BCUT2D eigenvalue weighted by molar-refractivity contribution is 5.77. The van der Waals surface area contributed by atoms with Gasteiger partial charge in [-0.25, -0.2) is 0 Å². The Labute approximate surface area is 111 Å². The number of nitrogens with zero attached hydrogens (tertiary/aromatic N) is 2. The smallest absolute Gasteiger partial charge is 0.250 e. The standard InChI is InChI=1S/C13H17N3O3/c1-4-5-11-15-16-13(19-11)9-6-8(17-2)7-10(18-3)12(9)14/h6-7H,4-5,14H2,1-3H3. The molecule has 0 bridgehead atoms. The van der Waals surface area contributed by atoms with Gasteiger partial charge in [0, 0.05) is 12.5 Å². The van der Waals surface area contributed by atoms with Crippen LogP contribution in [0.1, 0.15) is 19.2 Å². The molecule has 0 spiro atoms. The quantitative estimate of drug-likeness (QED) is 0.833. The summed E-state index contributed by atoms with van der Waals surface area (Å²) in [6, 6.07) is 3.46. The summed E-state index contributed by atoms with van der Waals surface area (Å²) in [6.45, 7) is 2.05. The second-order valence-electron chi connectivity index (χ2n) is 4.04. The topological polar surface area (TPSA) is 83.4 Å². The maximum atomic E-state index is 6.02. The molecule has 0 amide bonds. The van der Waals surface area contributed by atoms with E-state index in [1.165, 1.54) is 0 Å². The molecule has 0 aliphatic rings. The van der Waals surface area contributed by atoms with Crippen LogP contribution in [-0.2, 0) is 6.42 Å². The molecule has 6 nitrogen and oxygen atoms in total. The lowest BCUT2D eigenvalue weighted by Gasteiger charge is -2.10. The van der Waals surface area contributed by atoms with Gasteiger partial charge in [0.05, 0.1) is 25.5 Å². The molecule has 0 saturated carbocycles. The summed E-state index contributed by atoms with van der Waals surface area (Å²) >= 11 is 0. The van der Waals surface area contributed by atoms with Gasteiger partial charge in [-0.05, 0) is 12.5 Å². The highest BCUT2D eigenvalue weighted by Gasteiger charge is 2.16. The van der Waals surface area contributed by atoms with Crippen molar-refractivity contribution in [2.75, 3.05) is 20.0 Å². The number of hydrogen-bond donors (Lipinski definition) is 1. The Bertz CT molecular complexity index is 566. The molecule has 0 atom stereocenters. The zero-order valence-electron chi connectivity index (χ0n) is 11.3. The van der Waals surface area contributed by atoms with Gasteiger partial charge in [0.15, 0.2) is 0 Å². The molecule has 6 heteroatoms. The maximum Gasteiger partial charge on any atom is 0.250 e. The number of aryl methyl sites for hydroxylation is 1. The molecule has 0 radical (unpaired) electrons. The van der Waals surface area contributed by atoms with Crippen molar-refractivity contribution in [3.63, 3.8) is 0 Å². The molecule has 0 aliphatic carbocycles. The average molecular weight is 263 g/mol. The first-order valence-corrected chi connectivity index (χ1v) is 6.03. The van der Waals surface area contributed by atoms with Gasteiger partial charge in [-0.3, -0.25) is 0 Å². The number of ether oxygens (including phenoxy) is 2. The number of benzene rings is 1. The third kappa shape index (κ3) is 2.62. The molecule has 0 saturated heterocycles. The number of nitrogens with two attached hydrogens (primary N) is 1. The molecular weight excluding hydrogens is 246 g/mol. The van der Waals surface area contributed by atoms with Crippen molar-refractivity contribution in [2.24, 2.45) is 0 Å². The van der Waals surface area contributed by atoms with Crippen LogP contribution in [0.5, 0.6) is 11.5 Å². The zero-order valence-corrected chi connectivity index (χ0v) is 11.3. The van der Waals surface area contributed by atoms with Crippen LogP contribution in [0.4, 0.5) is 5.69 Å². The van der Waals surface area contributed by atoms with Crippen LogP contribution in [0, 0.1) is 0 Å². The molecule has 1 aromatic heterocycles. The van der Waals surface area contributed by atoms with Gasteiger partial charge in [-0.1, -0.05) is 6.92 Å². The van der Waals surface area contributed by atoms with Crippen molar-refractivity contribution in [2.45, 2.75) is 19.8 Å². The Balaban J connectivity index is 2.47. The Morgan fingerprint density at radius 2 is 2.00 bits per heavy atom. The van der Waals surface area contributed by atoms with Crippen molar-refractivity contribution >= 4 is 5.69 Å². The molecule has 1 heterocycles. The van der Waals surface area contributed by atoms with Gasteiger partial charge in [0.2, 0.25) is 11.8 Å². The SMILES string of the molecule is CCCc1nnc(-c2cc(OC)cc(OC)c2N)o1. The molecule has 2 rings (SSSR count). The van der Waals surface area contributed by atoms with Crippen molar-refractivity contribution in [3.8, 4) is 23.0 Å². The summed E-state index contributed by atoms with van der Waals surface area (Å²) in [5, 5.41) is 7.99. The molecule has 0 unspecified atom stereocenters. The minimum Gasteiger partial charge on any atom is -0.497 e.